The van der Waals surface area contributed by atoms with Crippen LogP contribution in [0.3, 0.4) is 0 Å². The Morgan fingerprint density at radius 3 is 1.20 bits per heavy atom. The van der Waals surface area contributed by atoms with E-state index >= 15 is 0 Å². The van der Waals surface area contributed by atoms with Crippen LogP contribution in [0, 0.1) is 0 Å². The molecule has 0 heterocycles. The van der Waals surface area contributed by atoms with Crippen LogP contribution in [-0.4, -0.2) is 68.6 Å². The molecular formula is H8AlCaFeOSi. The van der Waals surface area contributed by atoms with Crippen molar-refractivity contribution >= 4 is 63.1 Å². The van der Waals surface area contributed by atoms with Crippen molar-refractivity contribution in [3.8, 4) is 0 Å². The molecule has 0 atom stereocenters. The fourth-order valence-corrected chi connectivity index (χ4v) is 0. The van der Waals surface area contributed by atoms with Gasteiger partial charge in [0.25, 0.3) is 0 Å². The van der Waals surface area contributed by atoms with E-state index in [4.69, 9.17) is 0 Å². The summed E-state index contributed by atoms with van der Waals surface area (Å²) in [6.45, 7) is 0. The molecule has 0 aliphatic carbocycles. The number of hydrogen-bond acceptors (Lipinski definition) is 1. The van der Waals surface area contributed by atoms with E-state index in [0.717, 1.165) is 14.4 Å². The Morgan fingerprint density at radius 2 is 1.20 bits per heavy atom. The second kappa shape index (κ2) is 31.6. The molecule has 0 aromatic heterocycles. The molecule has 0 aliphatic rings. The van der Waals surface area contributed by atoms with Gasteiger partial charge in [0.15, 0.2) is 0 Å². The number of rotatable bonds is 0. The SMILES string of the molecule is [AlH2][Fe].[CaH+].[OH-].[SiH4]. The Labute approximate surface area is 81.4 Å². The Balaban J connectivity index is -0.00000000167. The molecule has 0 amide bonds. The van der Waals surface area contributed by atoms with Crippen molar-refractivity contribution in [2.24, 2.45) is 0 Å². The van der Waals surface area contributed by atoms with Gasteiger partial charge >= 0.3 is 66.3 Å². The van der Waals surface area contributed by atoms with E-state index in [1.807, 2.05) is 0 Å². The maximum absolute atomic E-state index is 3.39. The molecule has 0 rings (SSSR count). The van der Waals surface area contributed by atoms with Crippen molar-refractivity contribution in [2.45, 2.75) is 0 Å². The van der Waals surface area contributed by atoms with Gasteiger partial charge in [-0.05, 0) is 11.0 Å². The van der Waals surface area contributed by atoms with Crippen molar-refractivity contribution in [1.82, 2.24) is 0 Å². The summed E-state index contributed by atoms with van der Waals surface area (Å²) in [6, 6.07) is 0. The number of hydrogen-bond donors (Lipinski definition) is 0. The zero-order chi connectivity index (χ0) is 2.00. The first-order valence-corrected chi connectivity index (χ1v) is 4.37. The van der Waals surface area contributed by atoms with Gasteiger partial charge in [-0.2, -0.15) is 0 Å². The normalized spacial score (nSPS) is 1.00. The average Bonchev–Trinajstić information content (AvgIpc) is 1.00. The molecule has 0 bridgehead atoms. The molecule has 0 spiro atoms. The Hall–Kier alpha value is 2.49. The van der Waals surface area contributed by atoms with Crippen LogP contribution in [0.1, 0.15) is 0 Å². The molecule has 0 aromatic rings. The van der Waals surface area contributed by atoms with Crippen LogP contribution in [0.15, 0.2) is 0 Å². The van der Waals surface area contributed by atoms with Crippen LogP contribution in [0.2, 0.25) is 0 Å². The van der Waals surface area contributed by atoms with Crippen LogP contribution in [0.25, 0.3) is 0 Å². The summed E-state index contributed by atoms with van der Waals surface area (Å²) < 4.78 is 0. The average molecular weight is 175 g/mol. The summed E-state index contributed by atoms with van der Waals surface area (Å²) in [4.78, 5) is 0. The predicted molar refractivity (Wildman–Crippen MR) is 29.0 cm³/mol. The Kier molecular flexibility index (Phi) is 164. The van der Waals surface area contributed by atoms with E-state index in [9.17, 15) is 0 Å². The second-order valence-corrected chi connectivity index (χ2v) is 0. The maximum atomic E-state index is 3.39. The molecule has 1 N–H and O–H groups in total. The molecule has 5 heteroatoms. The summed E-state index contributed by atoms with van der Waals surface area (Å²) in [5, 5.41) is 0. The smallest absolute Gasteiger partial charge is 0.0149 e. The van der Waals surface area contributed by atoms with Gasteiger partial charge in [-0.15, -0.1) is 0 Å². The van der Waals surface area contributed by atoms with Crippen molar-refractivity contribution in [1.29, 1.82) is 0 Å². The molecule has 1 nitrogen and oxygen atoms in total. The van der Waals surface area contributed by atoms with Crippen LogP contribution >= 0.6 is 0 Å². The van der Waals surface area contributed by atoms with Crippen molar-refractivity contribution in [3.05, 3.63) is 0 Å². The largest absolute Gasteiger partial charge is 0.870 e. The van der Waals surface area contributed by atoms with Crippen molar-refractivity contribution in [3.63, 3.8) is 0 Å². The fourth-order valence-electron chi connectivity index (χ4n) is 0. The Morgan fingerprint density at radius 1 is 1.20 bits per heavy atom. The topological polar surface area (TPSA) is 30.0 Å². The minimum absolute atomic E-state index is 0. The first-order chi connectivity index (χ1) is 1.00. The second-order valence-electron chi connectivity index (χ2n) is 0. The van der Waals surface area contributed by atoms with E-state index in [1.165, 1.54) is 0 Å². The van der Waals surface area contributed by atoms with Gasteiger partial charge in [0.05, 0.1) is 0 Å². The van der Waals surface area contributed by atoms with Gasteiger partial charge in [-0.1, -0.05) is 0 Å². The van der Waals surface area contributed by atoms with Crippen LogP contribution in [0.5, 0.6) is 0 Å². The predicted octanol–water partition coefficient (Wildman–Crippen LogP) is -3.20. The van der Waals surface area contributed by atoms with Crippen molar-refractivity contribution in [2.75, 3.05) is 0 Å². The summed E-state index contributed by atoms with van der Waals surface area (Å²) in [5.41, 5.74) is 0. The Bertz CT molecular complexity index is 11.6. The minimum Gasteiger partial charge on any atom is -0.870 e. The maximum Gasteiger partial charge on any atom is -0.0149 e. The third-order valence-corrected chi connectivity index (χ3v) is 0. The molecule has 5 heavy (non-hydrogen) atoms. The quantitative estimate of drug-likeness (QED) is 0.357. The molecular weight excluding hydrogens is 167 g/mol. The standard InChI is InChI=1S/Al.Ca.Fe.H2O.H4Si.3H/h;;;1H2;1H4;;;/q;+1;;;;;;/p-1. The molecule has 0 aromatic carbocycles. The van der Waals surface area contributed by atoms with Crippen LogP contribution in [-0.2, 0) is 14.1 Å². The summed E-state index contributed by atoms with van der Waals surface area (Å²) in [7, 11) is 0. The minimum atomic E-state index is 0. The van der Waals surface area contributed by atoms with Gasteiger partial charge in [0.2, 0.25) is 0 Å². The zero-order valence-electron chi connectivity index (χ0n) is 2.80. The summed E-state index contributed by atoms with van der Waals surface area (Å²) >= 11 is 4.44. The van der Waals surface area contributed by atoms with E-state index in [-0.39, 0.29) is 54.2 Å². The zero-order valence-corrected chi connectivity index (χ0v) is 9.03. The van der Waals surface area contributed by atoms with E-state index < -0.39 is 0 Å². The van der Waals surface area contributed by atoms with Crippen LogP contribution < -0.4 is 0 Å². The molecule has 0 aliphatic heterocycles. The fraction of sp³-hybridized carbons (Fsp3) is 0. The van der Waals surface area contributed by atoms with E-state index in [0.29, 0.717) is 0 Å². The molecule has 0 radical (unpaired) electrons. The van der Waals surface area contributed by atoms with Gasteiger partial charge in [-0.3, -0.25) is 0 Å². The van der Waals surface area contributed by atoms with Crippen LogP contribution in [0.4, 0.5) is 0 Å². The molecule has 0 saturated carbocycles. The molecule has 31 valence electrons. The monoisotopic (exact) mass is 175 g/mol. The van der Waals surface area contributed by atoms with Crippen molar-refractivity contribution < 1.29 is 19.6 Å². The molecule has 0 fully saturated rings. The van der Waals surface area contributed by atoms with Gasteiger partial charge < -0.3 is 5.48 Å². The first kappa shape index (κ1) is 25.9. The molecule has 0 saturated heterocycles. The summed E-state index contributed by atoms with van der Waals surface area (Å²) in [6.07, 6.45) is 0. The third kappa shape index (κ3) is 21.1. The third-order valence-electron chi connectivity index (χ3n) is 0. The molecule has 0 unspecified atom stereocenters. The van der Waals surface area contributed by atoms with Gasteiger partial charge in [-0.25, -0.2) is 0 Å². The van der Waals surface area contributed by atoms with Gasteiger partial charge in [0.1, 0.15) is 0 Å². The van der Waals surface area contributed by atoms with Gasteiger partial charge in [0, 0.05) is 0 Å². The van der Waals surface area contributed by atoms with E-state index in [2.05, 4.69) is 14.1 Å². The summed E-state index contributed by atoms with van der Waals surface area (Å²) in [5.74, 6) is 0. The van der Waals surface area contributed by atoms with E-state index in [1.54, 1.807) is 0 Å². The first-order valence-electron chi connectivity index (χ1n) is 0.354.